The summed E-state index contributed by atoms with van der Waals surface area (Å²) in [6, 6.07) is -1.52. The lowest BCUT2D eigenvalue weighted by Gasteiger charge is -2.31. The predicted octanol–water partition coefficient (Wildman–Crippen LogP) is -0.608. The topological polar surface area (TPSA) is 107 Å². The van der Waals surface area contributed by atoms with E-state index in [0.717, 1.165) is 4.90 Å². The van der Waals surface area contributed by atoms with E-state index in [4.69, 9.17) is 0 Å². The van der Waals surface area contributed by atoms with Crippen LogP contribution in [-0.2, 0) is 14.4 Å². The molecule has 0 saturated carbocycles. The summed E-state index contributed by atoms with van der Waals surface area (Å²) in [5.41, 5.74) is -1.26. The Hall–Kier alpha value is -2.12. The van der Waals surface area contributed by atoms with Crippen molar-refractivity contribution < 1.29 is 24.3 Å². The molecule has 0 aliphatic carbocycles. The summed E-state index contributed by atoms with van der Waals surface area (Å²) >= 11 is 0. The molecule has 2 heterocycles. The molecule has 8 heteroatoms. The number of rotatable bonds is 2. The molecule has 2 saturated heterocycles. The summed E-state index contributed by atoms with van der Waals surface area (Å²) in [6.45, 7) is 1.80. The highest BCUT2D eigenvalue weighted by molar-refractivity contribution is 6.06. The van der Waals surface area contributed by atoms with E-state index >= 15 is 0 Å². The molecule has 0 aromatic carbocycles. The molecule has 0 aromatic heterocycles. The summed E-state index contributed by atoms with van der Waals surface area (Å²) < 4.78 is 0. The van der Waals surface area contributed by atoms with Crippen molar-refractivity contribution in [1.82, 2.24) is 15.1 Å². The average molecular weight is 283 g/mol. The van der Waals surface area contributed by atoms with Gasteiger partial charge < -0.3 is 15.3 Å². The second kappa shape index (κ2) is 4.77. The number of likely N-dealkylation sites (N-methyl/N-ethyl adjacent to an activating group) is 1. The molecule has 20 heavy (non-hydrogen) atoms. The van der Waals surface area contributed by atoms with Crippen LogP contribution in [0.1, 0.15) is 26.2 Å². The fraction of sp³-hybridized carbons (Fsp3) is 0.667. The molecule has 2 fully saturated rings. The van der Waals surface area contributed by atoms with E-state index in [1.54, 1.807) is 0 Å². The van der Waals surface area contributed by atoms with Crippen LogP contribution >= 0.6 is 0 Å². The molecule has 0 bridgehead atoms. The number of urea groups is 1. The molecule has 2 aliphatic rings. The summed E-state index contributed by atoms with van der Waals surface area (Å²) in [5.74, 6) is -1.90. The van der Waals surface area contributed by atoms with Crippen LogP contribution < -0.4 is 5.32 Å². The maximum atomic E-state index is 12.1. The van der Waals surface area contributed by atoms with E-state index in [1.165, 1.54) is 18.9 Å². The van der Waals surface area contributed by atoms with Gasteiger partial charge in [-0.2, -0.15) is 0 Å². The number of carboxylic acids is 1. The minimum atomic E-state index is -1.26. The van der Waals surface area contributed by atoms with Gasteiger partial charge in [0.25, 0.3) is 5.91 Å². The summed E-state index contributed by atoms with van der Waals surface area (Å²) in [6.07, 6.45) is 0.875. The van der Waals surface area contributed by atoms with Crippen molar-refractivity contribution in [3.63, 3.8) is 0 Å². The van der Waals surface area contributed by atoms with Crippen molar-refractivity contribution in [2.45, 2.75) is 37.8 Å². The van der Waals surface area contributed by atoms with Gasteiger partial charge in [-0.05, 0) is 19.8 Å². The summed E-state index contributed by atoms with van der Waals surface area (Å²) in [7, 11) is 1.36. The number of nitrogens with one attached hydrogen (secondary N) is 1. The predicted molar refractivity (Wildman–Crippen MR) is 66.7 cm³/mol. The molecular formula is C12H17N3O5. The molecule has 2 unspecified atom stereocenters. The number of carbonyl (C=O) groups excluding carboxylic acids is 3. The zero-order chi connectivity index (χ0) is 15.1. The zero-order valence-electron chi connectivity index (χ0n) is 11.4. The first kappa shape index (κ1) is 14.3. The van der Waals surface area contributed by atoms with E-state index < -0.39 is 29.5 Å². The number of nitrogens with zero attached hydrogens (tertiary/aromatic N) is 2. The van der Waals surface area contributed by atoms with Gasteiger partial charge in [0.2, 0.25) is 5.91 Å². The molecule has 2 atom stereocenters. The SMILES string of the molecule is CN1C(=O)CC(NC(=O)N2CCCC2(C)C(=O)O)C1=O. The first-order chi connectivity index (χ1) is 9.27. The van der Waals surface area contributed by atoms with Crippen LogP contribution in [0, 0.1) is 0 Å². The molecule has 2 aliphatic heterocycles. The third-order valence-corrected chi connectivity index (χ3v) is 4.03. The van der Waals surface area contributed by atoms with Crippen molar-refractivity contribution in [3.8, 4) is 0 Å². The van der Waals surface area contributed by atoms with Gasteiger partial charge in [-0.25, -0.2) is 9.59 Å². The number of carbonyl (C=O) groups is 4. The highest BCUT2D eigenvalue weighted by atomic mass is 16.4. The van der Waals surface area contributed by atoms with Crippen molar-refractivity contribution in [1.29, 1.82) is 0 Å². The largest absolute Gasteiger partial charge is 0.480 e. The van der Waals surface area contributed by atoms with Crippen LogP contribution in [0.4, 0.5) is 4.79 Å². The van der Waals surface area contributed by atoms with Crippen LogP contribution in [0.5, 0.6) is 0 Å². The van der Waals surface area contributed by atoms with Crippen LogP contribution in [0.2, 0.25) is 0 Å². The number of hydrogen-bond donors (Lipinski definition) is 2. The molecule has 8 nitrogen and oxygen atoms in total. The first-order valence-electron chi connectivity index (χ1n) is 6.39. The van der Waals surface area contributed by atoms with Crippen molar-refractivity contribution in [2.24, 2.45) is 0 Å². The van der Waals surface area contributed by atoms with Crippen LogP contribution in [-0.4, -0.2) is 63.9 Å². The normalized spacial score (nSPS) is 30.0. The summed E-state index contributed by atoms with van der Waals surface area (Å²) in [4.78, 5) is 48.7. The lowest BCUT2D eigenvalue weighted by molar-refractivity contribution is -0.147. The Morgan fingerprint density at radius 1 is 1.40 bits per heavy atom. The Balaban J connectivity index is 2.08. The minimum Gasteiger partial charge on any atom is -0.480 e. The molecule has 110 valence electrons. The van der Waals surface area contributed by atoms with Gasteiger partial charge in [-0.3, -0.25) is 14.5 Å². The maximum absolute atomic E-state index is 12.1. The van der Waals surface area contributed by atoms with E-state index in [0.29, 0.717) is 19.4 Å². The minimum absolute atomic E-state index is 0.0846. The van der Waals surface area contributed by atoms with Gasteiger partial charge in [0.05, 0.1) is 6.42 Å². The van der Waals surface area contributed by atoms with Crippen LogP contribution in [0.3, 0.4) is 0 Å². The van der Waals surface area contributed by atoms with E-state index in [2.05, 4.69) is 5.32 Å². The lowest BCUT2D eigenvalue weighted by atomic mass is 10.00. The number of hydrogen-bond acceptors (Lipinski definition) is 4. The Bertz CT molecular complexity index is 491. The van der Waals surface area contributed by atoms with E-state index in [9.17, 15) is 24.3 Å². The molecule has 2 N–H and O–H groups in total. The molecule has 4 amide bonds. The molecule has 2 rings (SSSR count). The van der Waals surface area contributed by atoms with Gasteiger partial charge in [-0.15, -0.1) is 0 Å². The van der Waals surface area contributed by atoms with E-state index in [-0.39, 0.29) is 12.3 Å². The molecule has 0 aromatic rings. The summed E-state index contributed by atoms with van der Waals surface area (Å²) in [5, 5.41) is 11.7. The monoisotopic (exact) mass is 283 g/mol. The highest BCUT2D eigenvalue weighted by Gasteiger charge is 2.47. The van der Waals surface area contributed by atoms with Gasteiger partial charge in [0.15, 0.2) is 0 Å². The Morgan fingerprint density at radius 2 is 2.05 bits per heavy atom. The fourth-order valence-electron chi connectivity index (χ4n) is 2.61. The Morgan fingerprint density at radius 3 is 2.55 bits per heavy atom. The number of likely N-dealkylation sites (tertiary alicyclic amines) is 2. The van der Waals surface area contributed by atoms with Crippen molar-refractivity contribution >= 4 is 23.8 Å². The lowest BCUT2D eigenvalue weighted by Crippen LogP contribution is -2.56. The van der Waals surface area contributed by atoms with Gasteiger partial charge in [0, 0.05) is 13.6 Å². The van der Waals surface area contributed by atoms with Crippen LogP contribution in [0.25, 0.3) is 0 Å². The third kappa shape index (κ3) is 2.10. The average Bonchev–Trinajstić information content (AvgIpc) is 2.88. The number of amides is 4. The molecule has 0 radical (unpaired) electrons. The zero-order valence-corrected chi connectivity index (χ0v) is 11.4. The highest BCUT2D eigenvalue weighted by Crippen LogP contribution is 2.29. The van der Waals surface area contributed by atoms with Gasteiger partial charge >= 0.3 is 12.0 Å². The Labute approximate surface area is 115 Å². The number of carboxylic acid groups (broad SMARTS) is 1. The van der Waals surface area contributed by atoms with Gasteiger partial charge in [0.1, 0.15) is 11.6 Å². The van der Waals surface area contributed by atoms with Crippen molar-refractivity contribution in [2.75, 3.05) is 13.6 Å². The van der Waals surface area contributed by atoms with Crippen LogP contribution in [0.15, 0.2) is 0 Å². The first-order valence-corrected chi connectivity index (χ1v) is 6.39. The number of imide groups is 1. The van der Waals surface area contributed by atoms with Crippen molar-refractivity contribution in [3.05, 3.63) is 0 Å². The smallest absolute Gasteiger partial charge is 0.329 e. The second-order valence-corrected chi connectivity index (χ2v) is 5.33. The quantitative estimate of drug-likeness (QED) is 0.658. The molecule has 0 spiro atoms. The van der Waals surface area contributed by atoms with Gasteiger partial charge in [-0.1, -0.05) is 0 Å². The standard InChI is InChI=1S/C12H17N3O5/c1-12(10(18)19)4-3-5-15(12)11(20)13-7-6-8(16)14(2)9(7)17/h7H,3-6H2,1-2H3,(H,13,20)(H,18,19). The van der Waals surface area contributed by atoms with E-state index in [1.807, 2.05) is 0 Å². The number of aliphatic carboxylic acids is 1. The fourth-order valence-corrected chi connectivity index (χ4v) is 2.61. The third-order valence-electron chi connectivity index (χ3n) is 4.03. The second-order valence-electron chi connectivity index (χ2n) is 5.33. The maximum Gasteiger partial charge on any atom is 0.329 e. The Kier molecular flexibility index (Phi) is 3.41. The molecular weight excluding hydrogens is 266 g/mol.